The van der Waals surface area contributed by atoms with Gasteiger partial charge in [-0.2, -0.15) is 0 Å². The zero-order valence-corrected chi connectivity index (χ0v) is 13.9. The van der Waals surface area contributed by atoms with Crippen LogP contribution in [0.2, 0.25) is 0 Å². The van der Waals surface area contributed by atoms with Crippen molar-refractivity contribution >= 4 is 23.6 Å². The molecular weight excluding hydrogens is 314 g/mol. The van der Waals surface area contributed by atoms with E-state index in [0.29, 0.717) is 0 Å². The topological polar surface area (TPSA) is 73.2 Å². The first kappa shape index (κ1) is 17.1. The average molecular weight is 333 g/mol. The smallest absolute Gasteiger partial charge is 0.314 e. The van der Waals surface area contributed by atoms with Gasteiger partial charge in [-0.05, 0) is 5.56 Å². The van der Waals surface area contributed by atoms with Crippen molar-refractivity contribution < 1.29 is 14.3 Å². The molecule has 0 aliphatic heterocycles. The van der Waals surface area contributed by atoms with Crippen molar-refractivity contribution in [2.75, 3.05) is 19.4 Å². The number of thioether (sulfide) groups is 1. The predicted molar refractivity (Wildman–Crippen MR) is 88.1 cm³/mol. The molecular formula is C16H19N3O3S. The summed E-state index contributed by atoms with van der Waals surface area (Å²) in [6.45, 7) is 0.205. The Labute approximate surface area is 139 Å². The molecule has 2 aromatic rings. The van der Waals surface area contributed by atoms with Crippen molar-refractivity contribution in [2.24, 2.45) is 7.05 Å². The van der Waals surface area contributed by atoms with E-state index in [1.165, 1.54) is 18.9 Å². The number of imidazole rings is 1. The predicted octanol–water partition coefficient (Wildman–Crippen LogP) is 1.59. The first-order chi connectivity index (χ1) is 11.1. The second-order valence-electron chi connectivity index (χ2n) is 4.90. The van der Waals surface area contributed by atoms with Crippen molar-refractivity contribution in [2.45, 2.75) is 11.1 Å². The van der Waals surface area contributed by atoms with Crippen LogP contribution in [0.3, 0.4) is 0 Å². The van der Waals surface area contributed by atoms with E-state index in [9.17, 15) is 9.59 Å². The number of methoxy groups -OCH3 is 1. The minimum absolute atomic E-state index is 0.150. The van der Waals surface area contributed by atoms with E-state index in [0.717, 1.165) is 10.7 Å². The van der Waals surface area contributed by atoms with Gasteiger partial charge in [0.15, 0.2) is 5.16 Å². The maximum atomic E-state index is 12.0. The molecule has 1 unspecified atom stereocenters. The largest absolute Gasteiger partial charge is 0.468 e. The Bertz CT molecular complexity index is 658. The van der Waals surface area contributed by atoms with Crippen LogP contribution >= 0.6 is 11.8 Å². The Morgan fingerprint density at radius 2 is 2.09 bits per heavy atom. The highest BCUT2D eigenvalue weighted by Crippen LogP contribution is 2.17. The van der Waals surface area contributed by atoms with E-state index >= 15 is 0 Å². The monoisotopic (exact) mass is 333 g/mol. The lowest BCUT2D eigenvalue weighted by molar-refractivity contribution is -0.142. The number of hydrogen-bond acceptors (Lipinski definition) is 5. The number of carbonyl (C=O) groups excluding carboxylic acids is 2. The van der Waals surface area contributed by atoms with Crippen molar-refractivity contribution in [3.63, 3.8) is 0 Å². The van der Waals surface area contributed by atoms with Crippen LogP contribution in [0.25, 0.3) is 0 Å². The zero-order valence-electron chi connectivity index (χ0n) is 13.1. The van der Waals surface area contributed by atoms with Gasteiger partial charge in [-0.25, -0.2) is 4.98 Å². The standard InChI is InChI=1S/C16H19N3O3S/c1-19-9-8-17-16(19)23-11-14(20)18-10-13(15(21)22-2)12-6-4-3-5-7-12/h3-9,13H,10-11H2,1-2H3,(H,18,20). The summed E-state index contributed by atoms with van der Waals surface area (Å²) in [5.74, 6) is -0.785. The maximum Gasteiger partial charge on any atom is 0.314 e. The van der Waals surface area contributed by atoms with Crippen molar-refractivity contribution in [1.82, 2.24) is 14.9 Å². The SMILES string of the molecule is COC(=O)C(CNC(=O)CSc1nccn1C)c1ccccc1. The van der Waals surface area contributed by atoms with E-state index < -0.39 is 5.92 Å². The van der Waals surface area contributed by atoms with Crippen molar-refractivity contribution in [1.29, 1.82) is 0 Å². The first-order valence-electron chi connectivity index (χ1n) is 7.11. The molecule has 1 atom stereocenters. The summed E-state index contributed by atoms with van der Waals surface area (Å²) >= 11 is 1.35. The first-order valence-corrected chi connectivity index (χ1v) is 8.10. The van der Waals surface area contributed by atoms with Gasteiger partial charge in [0.25, 0.3) is 0 Å². The Hall–Kier alpha value is -2.28. The molecule has 0 spiro atoms. The molecule has 1 aromatic carbocycles. The lowest BCUT2D eigenvalue weighted by atomic mass is 9.99. The highest BCUT2D eigenvalue weighted by atomic mass is 32.2. The number of hydrogen-bond donors (Lipinski definition) is 1. The van der Waals surface area contributed by atoms with Crippen LogP contribution in [0, 0.1) is 0 Å². The van der Waals surface area contributed by atoms with Crippen LogP contribution in [-0.2, 0) is 21.4 Å². The lowest BCUT2D eigenvalue weighted by Gasteiger charge is -2.15. The molecule has 1 aromatic heterocycles. The van der Waals surface area contributed by atoms with Gasteiger partial charge >= 0.3 is 5.97 Å². The molecule has 1 N–H and O–H groups in total. The summed E-state index contributed by atoms with van der Waals surface area (Å²) in [7, 11) is 3.22. The summed E-state index contributed by atoms with van der Waals surface area (Å²) in [6.07, 6.45) is 3.51. The van der Waals surface area contributed by atoms with E-state index in [1.807, 2.05) is 48.1 Å². The normalized spacial score (nSPS) is 11.7. The molecule has 0 fully saturated rings. The number of rotatable bonds is 7. The van der Waals surface area contributed by atoms with E-state index in [1.54, 1.807) is 6.20 Å². The van der Waals surface area contributed by atoms with Crippen LogP contribution in [-0.4, -0.2) is 40.8 Å². The molecule has 23 heavy (non-hydrogen) atoms. The molecule has 122 valence electrons. The van der Waals surface area contributed by atoms with Gasteiger partial charge in [0.05, 0.1) is 18.8 Å². The van der Waals surface area contributed by atoms with Crippen LogP contribution in [0.1, 0.15) is 11.5 Å². The van der Waals surface area contributed by atoms with Crippen LogP contribution in [0.15, 0.2) is 47.9 Å². The molecule has 0 aliphatic rings. The number of aryl methyl sites for hydroxylation is 1. The van der Waals surface area contributed by atoms with Crippen LogP contribution < -0.4 is 5.32 Å². The maximum absolute atomic E-state index is 12.0. The van der Waals surface area contributed by atoms with Gasteiger partial charge < -0.3 is 14.6 Å². The second-order valence-corrected chi connectivity index (χ2v) is 5.84. The van der Waals surface area contributed by atoms with Crippen molar-refractivity contribution in [3.05, 3.63) is 48.3 Å². The van der Waals surface area contributed by atoms with Gasteiger partial charge in [0.2, 0.25) is 5.91 Å². The minimum atomic E-state index is -0.511. The fourth-order valence-electron chi connectivity index (χ4n) is 2.05. The number of esters is 1. The minimum Gasteiger partial charge on any atom is -0.468 e. The summed E-state index contributed by atoms with van der Waals surface area (Å²) in [6, 6.07) is 9.26. The summed E-state index contributed by atoms with van der Waals surface area (Å²) < 4.78 is 6.67. The molecule has 0 saturated carbocycles. The van der Waals surface area contributed by atoms with Crippen LogP contribution in [0.4, 0.5) is 0 Å². The van der Waals surface area contributed by atoms with Gasteiger partial charge in [0.1, 0.15) is 0 Å². The van der Waals surface area contributed by atoms with Gasteiger partial charge in [-0.1, -0.05) is 42.1 Å². The highest BCUT2D eigenvalue weighted by molar-refractivity contribution is 7.99. The highest BCUT2D eigenvalue weighted by Gasteiger charge is 2.22. The fourth-order valence-corrected chi connectivity index (χ4v) is 2.82. The lowest BCUT2D eigenvalue weighted by Crippen LogP contribution is -2.33. The van der Waals surface area contributed by atoms with Gasteiger partial charge in [-0.3, -0.25) is 9.59 Å². The molecule has 0 radical (unpaired) electrons. The molecule has 6 nitrogen and oxygen atoms in total. The summed E-state index contributed by atoms with van der Waals surface area (Å²) in [5, 5.41) is 3.55. The van der Waals surface area contributed by atoms with E-state index in [-0.39, 0.29) is 24.2 Å². The number of benzene rings is 1. The number of ether oxygens (including phenoxy) is 1. The van der Waals surface area contributed by atoms with Crippen molar-refractivity contribution in [3.8, 4) is 0 Å². The van der Waals surface area contributed by atoms with E-state index in [4.69, 9.17) is 4.74 Å². The third-order valence-electron chi connectivity index (χ3n) is 3.30. The molecule has 7 heteroatoms. The third kappa shape index (κ3) is 4.85. The Morgan fingerprint density at radius 1 is 1.35 bits per heavy atom. The number of nitrogens with one attached hydrogen (secondary N) is 1. The molecule has 0 saturated heterocycles. The average Bonchev–Trinajstić information content (AvgIpc) is 2.99. The van der Waals surface area contributed by atoms with Gasteiger partial charge in [-0.15, -0.1) is 0 Å². The summed E-state index contributed by atoms with van der Waals surface area (Å²) in [4.78, 5) is 28.0. The van der Waals surface area contributed by atoms with Crippen LogP contribution in [0.5, 0.6) is 0 Å². The third-order valence-corrected chi connectivity index (χ3v) is 4.36. The number of amides is 1. The molecule has 0 bridgehead atoms. The molecule has 2 rings (SSSR count). The zero-order chi connectivity index (χ0) is 16.7. The Morgan fingerprint density at radius 3 is 2.70 bits per heavy atom. The molecule has 1 heterocycles. The number of aromatic nitrogens is 2. The fraction of sp³-hybridized carbons (Fsp3) is 0.312. The quantitative estimate of drug-likeness (QED) is 0.615. The number of carbonyl (C=O) groups is 2. The number of nitrogens with zero attached hydrogens (tertiary/aromatic N) is 2. The molecule has 0 aliphatic carbocycles. The summed E-state index contributed by atoms with van der Waals surface area (Å²) in [5.41, 5.74) is 0.816. The second kappa shape index (κ2) is 8.38. The van der Waals surface area contributed by atoms with Gasteiger partial charge in [0, 0.05) is 26.0 Å². The molecule has 1 amide bonds. The Kier molecular flexibility index (Phi) is 6.22. The van der Waals surface area contributed by atoms with E-state index in [2.05, 4.69) is 10.3 Å². The Balaban J connectivity index is 1.89.